The molecule has 3 rings (SSSR count). The second-order valence-corrected chi connectivity index (χ2v) is 6.21. The van der Waals surface area contributed by atoms with Gasteiger partial charge in [-0.25, -0.2) is 9.18 Å². The van der Waals surface area contributed by atoms with Crippen LogP contribution in [-0.2, 0) is 0 Å². The number of benzene rings is 2. The molecular formula is C18H19ClFN3O. The van der Waals surface area contributed by atoms with Crippen molar-refractivity contribution in [1.82, 2.24) is 4.90 Å². The molecule has 0 saturated carbocycles. The Kier molecular flexibility index (Phi) is 4.90. The summed E-state index contributed by atoms with van der Waals surface area (Å²) in [5.74, 6) is -0.367. The third-order valence-corrected chi connectivity index (χ3v) is 4.63. The predicted octanol–water partition coefficient (Wildman–Crippen LogP) is 4.14. The van der Waals surface area contributed by atoms with E-state index >= 15 is 0 Å². The van der Waals surface area contributed by atoms with Gasteiger partial charge in [0, 0.05) is 42.6 Å². The smallest absolute Gasteiger partial charge is 0.321 e. The molecular weight excluding hydrogens is 329 g/mol. The van der Waals surface area contributed by atoms with Gasteiger partial charge in [-0.1, -0.05) is 23.7 Å². The number of nitrogens with one attached hydrogen (secondary N) is 1. The standard InChI is InChI=1S/C18H19ClFN3O/c1-13-16(19)6-3-7-17(13)22-8-10-23(11-9-22)18(24)21-15-5-2-4-14(20)12-15/h2-7,12H,8-11H2,1H3,(H,21,24). The Morgan fingerprint density at radius 1 is 1.12 bits per heavy atom. The Bertz CT molecular complexity index is 745. The fourth-order valence-electron chi connectivity index (χ4n) is 2.86. The lowest BCUT2D eigenvalue weighted by Gasteiger charge is -2.36. The maximum Gasteiger partial charge on any atom is 0.321 e. The molecule has 1 saturated heterocycles. The summed E-state index contributed by atoms with van der Waals surface area (Å²) in [7, 11) is 0. The Hall–Kier alpha value is -2.27. The lowest BCUT2D eigenvalue weighted by Crippen LogP contribution is -2.50. The quantitative estimate of drug-likeness (QED) is 0.886. The highest BCUT2D eigenvalue weighted by Gasteiger charge is 2.22. The minimum atomic E-state index is -0.367. The zero-order chi connectivity index (χ0) is 17.1. The van der Waals surface area contributed by atoms with Crippen LogP contribution < -0.4 is 10.2 Å². The molecule has 0 unspecified atom stereocenters. The zero-order valence-electron chi connectivity index (χ0n) is 13.4. The van der Waals surface area contributed by atoms with E-state index in [4.69, 9.17) is 11.6 Å². The molecule has 24 heavy (non-hydrogen) atoms. The van der Waals surface area contributed by atoms with Crippen LogP contribution in [0.4, 0.5) is 20.6 Å². The maximum atomic E-state index is 13.2. The average molecular weight is 348 g/mol. The molecule has 0 aliphatic carbocycles. The summed E-state index contributed by atoms with van der Waals surface area (Å²) in [6.45, 7) is 4.68. The maximum absolute atomic E-state index is 13.2. The van der Waals surface area contributed by atoms with Crippen molar-refractivity contribution in [2.75, 3.05) is 36.4 Å². The zero-order valence-corrected chi connectivity index (χ0v) is 14.2. The third kappa shape index (κ3) is 3.62. The van der Waals surface area contributed by atoms with E-state index in [0.29, 0.717) is 18.8 Å². The van der Waals surface area contributed by atoms with Crippen LogP contribution in [0.25, 0.3) is 0 Å². The Labute approximate surface area is 145 Å². The van der Waals surface area contributed by atoms with Gasteiger partial charge in [0.25, 0.3) is 0 Å². The van der Waals surface area contributed by atoms with Gasteiger partial charge in [0.2, 0.25) is 0 Å². The number of carbonyl (C=O) groups excluding carboxylic acids is 1. The molecule has 0 aromatic heterocycles. The van der Waals surface area contributed by atoms with Crippen LogP contribution in [0.5, 0.6) is 0 Å². The molecule has 2 aromatic carbocycles. The van der Waals surface area contributed by atoms with Crippen molar-refractivity contribution in [2.24, 2.45) is 0 Å². The van der Waals surface area contributed by atoms with Crippen molar-refractivity contribution in [3.05, 3.63) is 58.9 Å². The van der Waals surface area contributed by atoms with Crippen molar-refractivity contribution in [3.8, 4) is 0 Å². The van der Waals surface area contributed by atoms with Crippen LogP contribution in [0.2, 0.25) is 5.02 Å². The first-order chi connectivity index (χ1) is 11.5. The molecule has 1 aliphatic rings. The number of hydrogen-bond donors (Lipinski definition) is 1. The van der Waals surface area contributed by atoms with Crippen LogP contribution in [0.15, 0.2) is 42.5 Å². The predicted molar refractivity (Wildman–Crippen MR) is 95.4 cm³/mol. The summed E-state index contributed by atoms with van der Waals surface area (Å²) in [5, 5.41) is 3.48. The summed E-state index contributed by atoms with van der Waals surface area (Å²) in [5.41, 5.74) is 2.62. The fraction of sp³-hybridized carbons (Fsp3) is 0.278. The van der Waals surface area contributed by atoms with Gasteiger partial charge in [-0.2, -0.15) is 0 Å². The summed E-state index contributed by atoms with van der Waals surface area (Å²) in [4.78, 5) is 16.3. The van der Waals surface area contributed by atoms with E-state index in [-0.39, 0.29) is 11.8 Å². The molecule has 1 fully saturated rings. The van der Waals surface area contributed by atoms with Crippen LogP contribution in [0, 0.1) is 12.7 Å². The van der Waals surface area contributed by atoms with Crippen LogP contribution in [-0.4, -0.2) is 37.1 Å². The molecule has 0 bridgehead atoms. The largest absolute Gasteiger partial charge is 0.368 e. The number of rotatable bonds is 2. The van der Waals surface area contributed by atoms with E-state index in [1.807, 2.05) is 25.1 Å². The normalized spacial score (nSPS) is 14.6. The molecule has 1 heterocycles. The molecule has 0 radical (unpaired) electrons. The van der Waals surface area contributed by atoms with Gasteiger partial charge < -0.3 is 15.1 Å². The van der Waals surface area contributed by atoms with E-state index in [1.165, 1.54) is 12.1 Å². The van der Waals surface area contributed by atoms with Crippen LogP contribution in [0.3, 0.4) is 0 Å². The van der Waals surface area contributed by atoms with E-state index in [9.17, 15) is 9.18 Å². The summed E-state index contributed by atoms with van der Waals surface area (Å²) < 4.78 is 13.2. The van der Waals surface area contributed by atoms with Crippen LogP contribution >= 0.6 is 11.6 Å². The van der Waals surface area contributed by atoms with Crippen molar-refractivity contribution in [3.63, 3.8) is 0 Å². The van der Waals surface area contributed by atoms with E-state index < -0.39 is 0 Å². The van der Waals surface area contributed by atoms with Gasteiger partial charge in [0.1, 0.15) is 5.82 Å². The Balaban J connectivity index is 1.60. The van der Waals surface area contributed by atoms with Gasteiger partial charge in [-0.15, -0.1) is 0 Å². The highest BCUT2D eigenvalue weighted by Crippen LogP contribution is 2.27. The molecule has 0 spiro atoms. The highest BCUT2D eigenvalue weighted by molar-refractivity contribution is 6.31. The Morgan fingerprint density at radius 2 is 1.83 bits per heavy atom. The minimum absolute atomic E-state index is 0.205. The monoisotopic (exact) mass is 347 g/mol. The van der Waals surface area contributed by atoms with Crippen molar-refractivity contribution in [2.45, 2.75) is 6.92 Å². The number of halogens is 2. The molecule has 2 aromatic rings. The summed E-state index contributed by atoms with van der Waals surface area (Å²) in [6.07, 6.45) is 0. The van der Waals surface area contributed by atoms with Gasteiger partial charge >= 0.3 is 6.03 Å². The number of hydrogen-bond acceptors (Lipinski definition) is 2. The summed E-state index contributed by atoms with van der Waals surface area (Å²) in [6, 6.07) is 11.6. The van der Waals surface area contributed by atoms with Crippen molar-refractivity contribution in [1.29, 1.82) is 0 Å². The van der Waals surface area contributed by atoms with Crippen molar-refractivity contribution < 1.29 is 9.18 Å². The first-order valence-corrected chi connectivity index (χ1v) is 8.24. The topological polar surface area (TPSA) is 35.6 Å². The molecule has 2 amide bonds. The van der Waals surface area contributed by atoms with Gasteiger partial charge in [-0.05, 0) is 42.8 Å². The lowest BCUT2D eigenvalue weighted by atomic mass is 10.1. The van der Waals surface area contributed by atoms with Crippen molar-refractivity contribution >= 4 is 29.0 Å². The lowest BCUT2D eigenvalue weighted by molar-refractivity contribution is 0.208. The third-order valence-electron chi connectivity index (χ3n) is 4.22. The molecule has 126 valence electrons. The highest BCUT2D eigenvalue weighted by atomic mass is 35.5. The Morgan fingerprint density at radius 3 is 2.54 bits per heavy atom. The molecule has 0 atom stereocenters. The van der Waals surface area contributed by atoms with Gasteiger partial charge in [0.15, 0.2) is 0 Å². The molecule has 4 nitrogen and oxygen atoms in total. The second kappa shape index (κ2) is 7.09. The molecule has 6 heteroatoms. The van der Waals surface area contributed by atoms with Gasteiger partial charge in [-0.3, -0.25) is 0 Å². The average Bonchev–Trinajstić information content (AvgIpc) is 2.57. The number of anilines is 2. The van der Waals surface area contributed by atoms with Crippen LogP contribution in [0.1, 0.15) is 5.56 Å². The number of nitrogens with zero attached hydrogens (tertiary/aromatic N) is 2. The van der Waals surface area contributed by atoms with Gasteiger partial charge in [0.05, 0.1) is 0 Å². The molecule has 1 N–H and O–H groups in total. The SMILES string of the molecule is Cc1c(Cl)cccc1N1CCN(C(=O)Nc2cccc(F)c2)CC1. The van der Waals surface area contributed by atoms with E-state index in [1.54, 1.807) is 17.0 Å². The van der Waals surface area contributed by atoms with E-state index in [0.717, 1.165) is 29.4 Å². The first-order valence-electron chi connectivity index (χ1n) is 7.86. The molecule has 1 aliphatic heterocycles. The number of piperazine rings is 1. The fourth-order valence-corrected chi connectivity index (χ4v) is 3.03. The second-order valence-electron chi connectivity index (χ2n) is 5.80. The number of urea groups is 1. The first kappa shape index (κ1) is 16.6. The number of carbonyl (C=O) groups is 1. The minimum Gasteiger partial charge on any atom is -0.368 e. The van der Waals surface area contributed by atoms with E-state index in [2.05, 4.69) is 10.2 Å². The number of amides is 2. The summed E-state index contributed by atoms with van der Waals surface area (Å²) >= 11 is 6.18.